The number of carbonyl (C=O) groups is 2. The molecule has 0 amide bonds. The molecule has 0 bridgehead atoms. The van der Waals surface area contributed by atoms with Crippen molar-refractivity contribution in [1.82, 2.24) is 5.32 Å². The van der Waals surface area contributed by atoms with Gasteiger partial charge in [0.05, 0.1) is 19.8 Å². The highest BCUT2D eigenvalue weighted by atomic mass is 16.5. The first-order chi connectivity index (χ1) is 11.6. The predicted molar refractivity (Wildman–Crippen MR) is 90.6 cm³/mol. The molecule has 5 nitrogen and oxygen atoms in total. The van der Waals surface area contributed by atoms with Crippen molar-refractivity contribution in [3.05, 3.63) is 71.3 Å². The van der Waals surface area contributed by atoms with Crippen LogP contribution in [-0.2, 0) is 27.2 Å². The smallest absolute Gasteiger partial charge is 0.337 e. The molecule has 0 aliphatic rings. The Labute approximate surface area is 141 Å². The van der Waals surface area contributed by atoms with Gasteiger partial charge in [-0.05, 0) is 29.7 Å². The molecule has 1 atom stereocenters. The molecule has 2 aromatic rings. The lowest BCUT2D eigenvalue weighted by Crippen LogP contribution is -2.39. The van der Waals surface area contributed by atoms with Crippen LogP contribution < -0.4 is 5.32 Å². The molecule has 24 heavy (non-hydrogen) atoms. The Kier molecular flexibility index (Phi) is 6.51. The number of benzene rings is 2. The van der Waals surface area contributed by atoms with Crippen molar-refractivity contribution in [3.63, 3.8) is 0 Å². The zero-order chi connectivity index (χ0) is 17.4. The number of hydrogen-bond acceptors (Lipinski definition) is 5. The van der Waals surface area contributed by atoms with Gasteiger partial charge in [0.25, 0.3) is 0 Å². The largest absolute Gasteiger partial charge is 0.468 e. The van der Waals surface area contributed by atoms with Crippen LogP contribution in [0.3, 0.4) is 0 Å². The van der Waals surface area contributed by atoms with E-state index >= 15 is 0 Å². The van der Waals surface area contributed by atoms with Gasteiger partial charge in [-0.15, -0.1) is 0 Å². The average molecular weight is 327 g/mol. The van der Waals surface area contributed by atoms with E-state index in [1.807, 2.05) is 42.5 Å². The lowest BCUT2D eigenvalue weighted by atomic mass is 10.1. The number of carbonyl (C=O) groups excluding carboxylic acids is 2. The molecule has 0 aliphatic heterocycles. The van der Waals surface area contributed by atoms with Crippen LogP contribution in [0.4, 0.5) is 0 Å². The van der Waals surface area contributed by atoms with E-state index in [9.17, 15) is 9.59 Å². The summed E-state index contributed by atoms with van der Waals surface area (Å²) < 4.78 is 9.55. The molecule has 0 spiro atoms. The standard InChI is InChI=1S/C19H21NO4/c1-23-18(21)16-10-8-15(9-11-16)13-20-17(19(22)24-2)12-14-6-4-3-5-7-14/h3-11,17,20H,12-13H2,1-2H3. The van der Waals surface area contributed by atoms with E-state index in [4.69, 9.17) is 4.74 Å². The minimum atomic E-state index is -0.433. The second kappa shape index (κ2) is 8.84. The summed E-state index contributed by atoms with van der Waals surface area (Å²) in [4.78, 5) is 23.4. The SMILES string of the molecule is COC(=O)c1ccc(CNC(Cc2ccccc2)C(=O)OC)cc1. The van der Waals surface area contributed by atoms with Gasteiger partial charge >= 0.3 is 11.9 Å². The topological polar surface area (TPSA) is 64.6 Å². The van der Waals surface area contributed by atoms with E-state index in [1.165, 1.54) is 14.2 Å². The number of nitrogens with one attached hydrogen (secondary N) is 1. The second-order valence-electron chi connectivity index (χ2n) is 5.33. The quantitative estimate of drug-likeness (QED) is 0.791. The Balaban J connectivity index is 1.99. The van der Waals surface area contributed by atoms with Crippen LogP contribution >= 0.6 is 0 Å². The Morgan fingerprint density at radius 2 is 1.58 bits per heavy atom. The van der Waals surface area contributed by atoms with E-state index in [2.05, 4.69) is 10.1 Å². The van der Waals surface area contributed by atoms with Gasteiger partial charge in [0.15, 0.2) is 0 Å². The van der Waals surface area contributed by atoms with E-state index in [0.717, 1.165) is 11.1 Å². The molecule has 126 valence electrons. The van der Waals surface area contributed by atoms with Crippen LogP contribution in [0.15, 0.2) is 54.6 Å². The highest BCUT2D eigenvalue weighted by molar-refractivity contribution is 5.89. The molecule has 5 heteroatoms. The molecule has 2 rings (SSSR count). The number of ether oxygens (including phenoxy) is 2. The third kappa shape index (κ3) is 4.93. The minimum absolute atomic E-state index is 0.301. The predicted octanol–water partition coefficient (Wildman–Crippen LogP) is 2.35. The van der Waals surface area contributed by atoms with Crippen LogP contribution in [-0.4, -0.2) is 32.2 Å². The molecule has 0 aromatic heterocycles. The van der Waals surface area contributed by atoms with E-state index in [1.54, 1.807) is 12.1 Å². The fourth-order valence-corrected chi connectivity index (χ4v) is 2.35. The Bertz CT molecular complexity index is 668. The first kappa shape index (κ1) is 17.7. The van der Waals surface area contributed by atoms with Crippen LogP contribution in [0.2, 0.25) is 0 Å². The van der Waals surface area contributed by atoms with E-state index in [-0.39, 0.29) is 11.9 Å². The van der Waals surface area contributed by atoms with Crippen molar-refractivity contribution in [3.8, 4) is 0 Å². The summed E-state index contributed by atoms with van der Waals surface area (Å²) in [5.74, 6) is -0.670. The molecule has 2 aromatic carbocycles. The van der Waals surface area contributed by atoms with Gasteiger partial charge in [-0.1, -0.05) is 42.5 Å². The van der Waals surface area contributed by atoms with Crippen LogP contribution in [0.25, 0.3) is 0 Å². The molecular weight excluding hydrogens is 306 g/mol. The zero-order valence-corrected chi connectivity index (χ0v) is 13.8. The van der Waals surface area contributed by atoms with Crippen molar-refractivity contribution < 1.29 is 19.1 Å². The lowest BCUT2D eigenvalue weighted by Gasteiger charge is -2.16. The molecule has 0 saturated carbocycles. The van der Waals surface area contributed by atoms with Gasteiger partial charge in [-0.25, -0.2) is 4.79 Å². The van der Waals surface area contributed by atoms with Crippen LogP contribution in [0, 0.1) is 0 Å². The maximum atomic E-state index is 12.0. The number of methoxy groups -OCH3 is 2. The Morgan fingerprint density at radius 1 is 0.917 bits per heavy atom. The number of hydrogen-bond donors (Lipinski definition) is 1. The molecule has 0 heterocycles. The van der Waals surface area contributed by atoms with E-state index < -0.39 is 6.04 Å². The zero-order valence-electron chi connectivity index (χ0n) is 13.8. The second-order valence-corrected chi connectivity index (χ2v) is 5.33. The van der Waals surface area contributed by atoms with Crippen molar-refractivity contribution in [1.29, 1.82) is 0 Å². The molecule has 1 unspecified atom stereocenters. The summed E-state index contributed by atoms with van der Waals surface area (Å²) in [7, 11) is 2.73. The third-order valence-corrected chi connectivity index (χ3v) is 3.70. The third-order valence-electron chi connectivity index (χ3n) is 3.70. The summed E-state index contributed by atoms with van der Waals surface area (Å²) in [5, 5.41) is 3.21. The van der Waals surface area contributed by atoms with Crippen molar-refractivity contribution in [2.45, 2.75) is 19.0 Å². The highest BCUT2D eigenvalue weighted by Crippen LogP contribution is 2.08. The summed E-state index contributed by atoms with van der Waals surface area (Å²) >= 11 is 0. The maximum absolute atomic E-state index is 12.0. The number of rotatable bonds is 7. The molecule has 1 N–H and O–H groups in total. The molecule has 0 radical (unpaired) electrons. The van der Waals surface area contributed by atoms with Gasteiger partial charge in [-0.3, -0.25) is 4.79 Å². The summed E-state index contributed by atoms with van der Waals surface area (Å²) in [6.07, 6.45) is 0.549. The molecule has 0 saturated heterocycles. The van der Waals surface area contributed by atoms with Crippen molar-refractivity contribution >= 4 is 11.9 Å². The first-order valence-electron chi connectivity index (χ1n) is 7.66. The fourth-order valence-electron chi connectivity index (χ4n) is 2.35. The fraction of sp³-hybridized carbons (Fsp3) is 0.263. The Morgan fingerprint density at radius 3 is 2.17 bits per heavy atom. The van der Waals surface area contributed by atoms with Gasteiger partial charge < -0.3 is 14.8 Å². The summed E-state index contributed by atoms with van der Waals surface area (Å²) in [6, 6.07) is 16.4. The molecular formula is C19H21NO4. The van der Waals surface area contributed by atoms with Gasteiger partial charge in [0, 0.05) is 6.54 Å². The van der Waals surface area contributed by atoms with Crippen LogP contribution in [0.1, 0.15) is 21.5 Å². The van der Waals surface area contributed by atoms with Crippen molar-refractivity contribution in [2.24, 2.45) is 0 Å². The minimum Gasteiger partial charge on any atom is -0.468 e. The van der Waals surface area contributed by atoms with Gasteiger partial charge in [-0.2, -0.15) is 0 Å². The summed E-state index contributed by atoms with van der Waals surface area (Å²) in [6.45, 7) is 0.494. The van der Waals surface area contributed by atoms with E-state index in [0.29, 0.717) is 18.5 Å². The van der Waals surface area contributed by atoms with Crippen molar-refractivity contribution in [2.75, 3.05) is 14.2 Å². The highest BCUT2D eigenvalue weighted by Gasteiger charge is 2.19. The maximum Gasteiger partial charge on any atom is 0.337 e. The number of esters is 2. The molecule has 0 aliphatic carbocycles. The summed E-state index contributed by atoms with van der Waals surface area (Å²) in [5.41, 5.74) is 2.51. The Hall–Kier alpha value is -2.66. The lowest BCUT2D eigenvalue weighted by molar-refractivity contribution is -0.143. The normalized spacial score (nSPS) is 11.6. The average Bonchev–Trinajstić information content (AvgIpc) is 2.65. The van der Waals surface area contributed by atoms with Crippen LogP contribution in [0.5, 0.6) is 0 Å². The monoisotopic (exact) mass is 327 g/mol. The first-order valence-corrected chi connectivity index (χ1v) is 7.66. The molecule has 0 fully saturated rings. The van der Waals surface area contributed by atoms with Gasteiger partial charge in [0.1, 0.15) is 6.04 Å². The van der Waals surface area contributed by atoms with Gasteiger partial charge in [0.2, 0.25) is 0 Å².